The summed E-state index contributed by atoms with van der Waals surface area (Å²) in [5.41, 5.74) is 1.33. The van der Waals surface area contributed by atoms with E-state index in [-0.39, 0.29) is 6.10 Å². The van der Waals surface area contributed by atoms with Crippen molar-refractivity contribution in [3.8, 4) is 0 Å². The van der Waals surface area contributed by atoms with E-state index in [0.29, 0.717) is 6.61 Å². The summed E-state index contributed by atoms with van der Waals surface area (Å²) in [5.74, 6) is 0.908. The number of ether oxygens (including phenoxy) is 1. The molecule has 1 aromatic carbocycles. The van der Waals surface area contributed by atoms with Gasteiger partial charge in [0.05, 0.1) is 24.1 Å². The second kappa shape index (κ2) is 8.45. The van der Waals surface area contributed by atoms with Gasteiger partial charge in [-0.2, -0.15) is 0 Å². The summed E-state index contributed by atoms with van der Waals surface area (Å²) in [7, 11) is 0. The number of hydrogen-bond acceptors (Lipinski definition) is 6. The molecule has 2 unspecified atom stereocenters. The van der Waals surface area contributed by atoms with E-state index in [2.05, 4.69) is 63.9 Å². The molecule has 164 valence electrons. The zero-order valence-electron chi connectivity index (χ0n) is 18.0. The van der Waals surface area contributed by atoms with Crippen molar-refractivity contribution in [3.05, 3.63) is 88.6 Å². The van der Waals surface area contributed by atoms with E-state index in [0.717, 1.165) is 42.0 Å². The van der Waals surface area contributed by atoms with E-state index in [9.17, 15) is 0 Å². The van der Waals surface area contributed by atoms with Crippen LogP contribution >= 0.6 is 11.3 Å². The molecule has 0 N–H and O–H groups in total. The van der Waals surface area contributed by atoms with Gasteiger partial charge < -0.3 is 9.15 Å². The smallest absolute Gasteiger partial charge is 0.159 e. The fraction of sp³-hybridized carbons (Fsp3) is 0.346. The third kappa shape index (κ3) is 3.21. The van der Waals surface area contributed by atoms with Crippen LogP contribution in [0.1, 0.15) is 41.7 Å². The van der Waals surface area contributed by atoms with E-state index >= 15 is 0 Å². The Labute approximate surface area is 192 Å². The molecule has 0 amide bonds. The number of piperidine rings is 1. The number of hydrazine groups is 1. The topological polar surface area (TPSA) is 41.7 Å². The van der Waals surface area contributed by atoms with Crippen molar-refractivity contribution in [3.63, 3.8) is 0 Å². The minimum absolute atomic E-state index is 0.285. The predicted molar refractivity (Wildman–Crippen MR) is 126 cm³/mol. The zero-order chi connectivity index (χ0) is 21.4. The molecule has 6 heteroatoms. The molecule has 2 aliphatic heterocycles. The third-order valence-corrected chi connectivity index (χ3v) is 7.72. The van der Waals surface area contributed by atoms with Crippen molar-refractivity contribution in [1.29, 1.82) is 0 Å². The maximum Gasteiger partial charge on any atom is 0.159 e. The maximum atomic E-state index is 6.61. The van der Waals surface area contributed by atoms with Crippen molar-refractivity contribution in [2.75, 3.05) is 26.2 Å². The molecule has 0 aliphatic carbocycles. The second-order valence-corrected chi connectivity index (χ2v) is 9.49. The molecule has 2 aliphatic rings. The molecule has 0 bridgehead atoms. The first-order chi connectivity index (χ1) is 15.9. The first kappa shape index (κ1) is 20.1. The summed E-state index contributed by atoms with van der Waals surface area (Å²) in [6.45, 7) is 3.60. The summed E-state index contributed by atoms with van der Waals surface area (Å²) in [6, 6.07) is 21.0. The number of nitrogens with zero attached hydrogens (tertiary/aromatic N) is 3. The van der Waals surface area contributed by atoms with Crippen LogP contribution in [0, 0.1) is 0 Å². The Bertz CT molecular complexity index is 1130. The van der Waals surface area contributed by atoms with Crippen LogP contribution in [0.4, 0.5) is 0 Å². The maximum absolute atomic E-state index is 6.61. The highest BCUT2D eigenvalue weighted by molar-refractivity contribution is 7.10. The number of furan rings is 1. The largest absolute Gasteiger partial charge is 0.467 e. The lowest BCUT2D eigenvalue weighted by molar-refractivity contribution is -0.214. The molecular weight excluding hydrogens is 418 g/mol. The number of hydrogen-bond donors (Lipinski definition) is 0. The van der Waals surface area contributed by atoms with Gasteiger partial charge in [0.2, 0.25) is 0 Å². The number of aromatic nitrogens is 1. The Morgan fingerprint density at radius 1 is 0.906 bits per heavy atom. The van der Waals surface area contributed by atoms with Crippen LogP contribution in [0.15, 0.2) is 76.7 Å². The summed E-state index contributed by atoms with van der Waals surface area (Å²) in [6.07, 6.45) is 5.22. The minimum Gasteiger partial charge on any atom is -0.467 e. The SMILES string of the molecule is c1coc(C2(c3cccs3)C(c3ccc4ccccc4n3)OCCN2N2CCCCC2)c1. The summed E-state index contributed by atoms with van der Waals surface area (Å²) < 4.78 is 12.8. The summed E-state index contributed by atoms with van der Waals surface area (Å²) >= 11 is 1.76. The number of fused-ring (bicyclic) bond motifs is 1. The van der Waals surface area contributed by atoms with E-state index < -0.39 is 5.54 Å². The minimum atomic E-state index is -0.595. The highest BCUT2D eigenvalue weighted by Gasteiger charge is 2.56. The van der Waals surface area contributed by atoms with Gasteiger partial charge in [0.1, 0.15) is 11.9 Å². The Kier molecular flexibility index (Phi) is 5.31. The predicted octanol–water partition coefficient (Wildman–Crippen LogP) is 5.61. The standard InChI is InChI=1S/C26H27N3O2S/c1-4-14-28(15-5-1)29-16-18-31-25(22-13-12-20-8-2-3-9-21(20)27-22)26(29,23-10-6-17-30-23)24-11-7-19-32-24/h2-3,6-13,17,19,25H,1,4-5,14-16,18H2. The van der Waals surface area contributed by atoms with Crippen molar-refractivity contribution in [2.45, 2.75) is 30.9 Å². The highest BCUT2D eigenvalue weighted by Crippen LogP contribution is 2.52. The Hall–Kier alpha value is -2.51. The molecule has 32 heavy (non-hydrogen) atoms. The van der Waals surface area contributed by atoms with Gasteiger partial charge >= 0.3 is 0 Å². The lowest BCUT2D eigenvalue weighted by Crippen LogP contribution is -2.63. The van der Waals surface area contributed by atoms with E-state index in [1.54, 1.807) is 17.6 Å². The fourth-order valence-corrected chi connectivity index (χ4v) is 6.28. The molecule has 2 atom stereocenters. The molecule has 4 aromatic rings. The van der Waals surface area contributed by atoms with E-state index in [4.69, 9.17) is 14.1 Å². The van der Waals surface area contributed by atoms with Gasteiger partial charge in [-0.3, -0.25) is 0 Å². The normalized spacial score (nSPS) is 25.3. The second-order valence-electron chi connectivity index (χ2n) is 8.54. The monoisotopic (exact) mass is 445 g/mol. The highest BCUT2D eigenvalue weighted by atomic mass is 32.1. The number of pyridine rings is 1. The van der Waals surface area contributed by atoms with Gasteiger partial charge in [-0.05, 0) is 48.6 Å². The van der Waals surface area contributed by atoms with Crippen LogP contribution in [0.2, 0.25) is 0 Å². The first-order valence-electron chi connectivity index (χ1n) is 11.4. The van der Waals surface area contributed by atoms with Crippen molar-refractivity contribution < 1.29 is 9.15 Å². The first-order valence-corrected chi connectivity index (χ1v) is 12.3. The average Bonchev–Trinajstić information content (AvgIpc) is 3.59. The fourth-order valence-electron chi connectivity index (χ4n) is 5.32. The lowest BCUT2D eigenvalue weighted by Gasteiger charge is -2.54. The average molecular weight is 446 g/mol. The van der Waals surface area contributed by atoms with Gasteiger partial charge in [-0.1, -0.05) is 36.8 Å². The molecular formula is C26H27N3O2S. The zero-order valence-corrected chi connectivity index (χ0v) is 18.8. The van der Waals surface area contributed by atoms with E-state index in [1.807, 2.05) is 12.1 Å². The molecule has 5 nitrogen and oxygen atoms in total. The quantitative estimate of drug-likeness (QED) is 0.409. The molecule has 6 rings (SSSR count). The van der Waals surface area contributed by atoms with Crippen LogP contribution in [0.5, 0.6) is 0 Å². The van der Waals surface area contributed by atoms with Crippen LogP contribution < -0.4 is 0 Å². The molecule has 2 saturated heterocycles. The number of morpholine rings is 1. The summed E-state index contributed by atoms with van der Waals surface area (Å²) in [4.78, 5) is 6.31. The molecule has 0 radical (unpaired) electrons. The summed E-state index contributed by atoms with van der Waals surface area (Å²) in [5, 5.41) is 8.34. The Morgan fingerprint density at radius 2 is 1.81 bits per heavy atom. The van der Waals surface area contributed by atoms with E-state index in [1.165, 1.54) is 24.1 Å². The van der Waals surface area contributed by atoms with Gasteiger partial charge in [0.15, 0.2) is 5.54 Å². The van der Waals surface area contributed by atoms with Crippen molar-refractivity contribution in [1.82, 2.24) is 15.0 Å². The molecule has 0 spiro atoms. The Balaban J connectivity index is 1.57. The Morgan fingerprint density at radius 3 is 2.62 bits per heavy atom. The molecule has 2 fully saturated rings. The number of thiophene rings is 1. The van der Waals surface area contributed by atoms with Crippen molar-refractivity contribution >= 4 is 22.2 Å². The van der Waals surface area contributed by atoms with Gasteiger partial charge in [-0.15, -0.1) is 11.3 Å². The van der Waals surface area contributed by atoms with Crippen LogP contribution in [0.3, 0.4) is 0 Å². The molecule has 0 saturated carbocycles. The molecule has 3 aromatic heterocycles. The van der Waals surface area contributed by atoms with Crippen LogP contribution in [-0.4, -0.2) is 41.2 Å². The number of benzene rings is 1. The third-order valence-electron chi connectivity index (χ3n) is 6.73. The van der Waals surface area contributed by atoms with Gasteiger partial charge in [0.25, 0.3) is 0 Å². The van der Waals surface area contributed by atoms with Gasteiger partial charge in [0, 0.05) is 29.9 Å². The molecule has 5 heterocycles. The van der Waals surface area contributed by atoms with Crippen LogP contribution in [-0.2, 0) is 10.3 Å². The van der Waals surface area contributed by atoms with Crippen molar-refractivity contribution in [2.24, 2.45) is 0 Å². The van der Waals surface area contributed by atoms with Crippen LogP contribution in [0.25, 0.3) is 10.9 Å². The number of rotatable bonds is 4. The lowest BCUT2D eigenvalue weighted by atomic mass is 9.83. The number of para-hydroxylation sites is 1. The van der Waals surface area contributed by atoms with Gasteiger partial charge in [-0.25, -0.2) is 15.0 Å².